The molecule has 0 saturated carbocycles. The van der Waals surface area contributed by atoms with Gasteiger partial charge in [0.1, 0.15) is 12.1 Å². The molecule has 1 heterocycles. The standard InChI is InChI=1S/C12H15F3N2O2/c1-8(2)6-16-10(18)7-17-5-3-4-9(11(17)19)12(13,14)15/h3-5,8H,6-7H2,1-2H3,(H,16,18). The van der Waals surface area contributed by atoms with Gasteiger partial charge in [0, 0.05) is 12.7 Å². The molecule has 1 rings (SSSR count). The average Bonchev–Trinajstić information content (AvgIpc) is 2.27. The van der Waals surface area contributed by atoms with Gasteiger partial charge < -0.3 is 9.88 Å². The molecule has 0 spiro atoms. The van der Waals surface area contributed by atoms with Crippen LogP contribution in [0.25, 0.3) is 0 Å². The summed E-state index contributed by atoms with van der Waals surface area (Å²) in [6, 6.07) is 1.80. The van der Waals surface area contributed by atoms with E-state index in [0.29, 0.717) is 12.6 Å². The Hall–Kier alpha value is -1.79. The van der Waals surface area contributed by atoms with Gasteiger partial charge in [-0.3, -0.25) is 9.59 Å². The Balaban J connectivity index is 2.86. The monoisotopic (exact) mass is 276 g/mol. The number of alkyl halides is 3. The maximum atomic E-state index is 12.5. The number of hydrogen-bond donors (Lipinski definition) is 1. The van der Waals surface area contributed by atoms with Crippen LogP contribution in [-0.4, -0.2) is 17.0 Å². The molecule has 0 aliphatic carbocycles. The molecular weight excluding hydrogens is 261 g/mol. The van der Waals surface area contributed by atoms with Crippen molar-refractivity contribution < 1.29 is 18.0 Å². The number of halogens is 3. The molecule has 0 fully saturated rings. The van der Waals surface area contributed by atoms with E-state index in [-0.39, 0.29) is 5.92 Å². The predicted octanol–water partition coefficient (Wildman–Crippen LogP) is 1.64. The molecule has 0 aliphatic rings. The second-order valence-corrected chi connectivity index (χ2v) is 4.55. The molecule has 0 atom stereocenters. The zero-order chi connectivity index (χ0) is 14.6. The minimum atomic E-state index is -4.71. The van der Waals surface area contributed by atoms with Gasteiger partial charge in [0.2, 0.25) is 5.91 Å². The Kier molecular flexibility index (Phi) is 4.74. The molecule has 0 radical (unpaired) electrons. The zero-order valence-corrected chi connectivity index (χ0v) is 10.6. The van der Waals surface area contributed by atoms with Gasteiger partial charge in [0.05, 0.1) is 0 Å². The van der Waals surface area contributed by atoms with E-state index in [1.54, 1.807) is 0 Å². The summed E-state index contributed by atoms with van der Waals surface area (Å²) in [5.74, 6) is -0.266. The highest BCUT2D eigenvalue weighted by atomic mass is 19.4. The summed E-state index contributed by atoms with van der Waals surface area (Å²) in [6.07, 6.45) is -3.55. The first-order valence-electron chi connectivity index (χ1n) is 5.75. The minimum absolute atomic E-state index is 0.224. The number of aromatic nitrogens is 1. The summed E-state index contributed by atoms with van der Waals surface area (Å²) >= 11 is 0. The van der Waals surface area contributed by atoms with Crippen molar-refractivity contribution >= 4 is 5.91 Å². The van der Waals surface area contributed by atoms with E-state index < -0.39 is 29.8 Å². The highest BCUT2D eigenvalue weighted by Crippen LogP contribution is 2.25. The van der Waals surface area contributed by atoms with Gasteiger partial charge >= 0.3 is 6.18 Å². The average molecular weight is 276 g/mol. The fraction of sp³-hybridized carbons (Fsp3) is 0.500. The Morgan fingerprint density at radius 1 is 1.42 bits per heavy atom. The molecule has 1 aromatic rings. The summed E-state index contributed by atoms with van der Waals surface area (Å²) in [4.78, 5) is 23.0. The van der Waals surface area contributed by atoms with Crippen LogP contribution < -0.4 is 10.9 Å². The van der Waals surface area contributed by atoms with Crippen LogP contribution in [0.3, 0.4) is 0 Å². The van der Waals surface area contributed by atoms with Gasteiger partial charge in [-0.25, -0.2) is 0 Å². The topological polar surface area (TPSA) is 51.1 Å². The fourth-order valence-electron chi connectivity index (χ4n) is 1.41. The van der Waals surface area contributed by atoms with Crippen LogP contribution >= 0.6 is 0 Å². The lowest BCUT2D eigenvalue weighted by atomic mass is 10.2. The summed E-state index contributed by atoms with van der Waals surface area (Å²) < 4.78 is 38.3. The quantitative estimate of drug-likeness (QED) is 0.909. The Morgan fingerprint density at radius 2 is 2.05 bits per heavy atom. The molecule has 0 bridgehead atoms. The molecule has 0 saturated heterocycles. The maximum Gasteiger partial charge on any atom is 0.421 e. The first-order chi connectivity index (χ1) is 8.71. The van der Waals surface area contributed by atoms with Gasteiger partial charge in [0.25, 0.3) is 5.56 Å². The highest BCUT2D eigenvalue weighted by molar-refractivity contribution is 5.75. The molecule has 1 N–H and O–H groups in total. The smallest absolute Gasteiger partial charge is 0.354 e. The van der Waals surface area contributed by atoms with Crippen LogP contribution in [-0.2, 0) is 17.5 Å². The van der Waals surface area contributed by atoms with E-state index in [2.05, 4.69) is 5.32 Å². The van der Waals surface area contributed by atoms with Crippen LogP contribution in [0.1, 0.15) is 19.4 Å². The molecule has 0 aliphatic heterocycles. The number of nitrogens with zero attached hydrogens (tertiary/aromatic N) is 1. The first-order valence-corrected chi connectivity index (χ1v) is 5.75. The number of carbonyl (C=O) groups is 1. The normalized spacial score (nSPS) is 11.7. The number of pyridine rings is 1. The van der Waals surface area contributed by atoms with E-state index in [0.717, 1.165) is 16.8 Å². The van der Waals surface area contributed by atoms with Crippen molar-refractivity contribution in [3.63, 3.8) is 0 Å². The third-order valence-corrected chi connectivity index (χ3v) is 2.35. The number of hydrogen-bond acceptors (Lipinski definition) is 2. The molecule has 4 nitrogen and oxygen atoms in total. The predicted molar refractivity (Wildman–Crippen MR) is 63.6 cm³/mol. The van der Waals surface area contributed by atoms with Crippen molar-refractivity contribution in [2.75, 3.05) is 6.54 Å². The van der Waals surface area contributed by atoms with Crippen LogP contribution in [0.5, 0.6) is 0 Å². The Labute approximate surface area is 108 Å². The third kappa shape index (κ3) is 4.42. The summed E-state index contributed by atoms with van der Waals surface area (Å²) in [5, 5.41) is 2.54. The van der Waals surface area contributed by atoms with Crippen LogP contribution in [0, 0.1) is 5.92 Å². The molecule has 106 valence electrons. The highest BCUT2D eigenvalue weighted by Gasteiger charge is 2.34. The molecule has 7 heteroatoms. The number of carbonyl (C=O) groups excluding carboxylic acids is 1. The van der Waals surface area contributed by atoms with Crippen molar-refractivity contribution in [1.82, 2.24) is 9.88 Å². The number of amides is 1. The molecule has 0 aromatic carbocycles. The lowest BCUT2D eigenvalue weighted by Crippen LogP contribution is -2.36. The van der Waals surface area contributed by atoms with Gasteiger partial charge in [-0.15, -0.1) is 0 Å². The fourth-order valence-corrected chi connectivity index (χ4v) is 1.41. The summed E-state index contributed by atoms with van der Waals surface area (Å²) in [5.41, 5.74) is -2.48. The first kappa shape index (κ1) is 15.3. The number of rotatable bonds is 4. The second kappa shape index (κ2) is 5.90. The van der Waals surface area contributed by atoms with Crippen molar-refractivity contribution in [3.8, 4) is 0 Å². The number of nitrogens with one attached hydrogen (secondary N) is 1. The van der Waals surface area contributed by atoms with Gasteiger partial charge in [-0.05, 0) is 18.1 Å². The summed E-state index contributed by atoms with van der Waals surface area (Å²) in [7, 11) is 0. The lowest BCUT2D eigenvalue weighted by molar-refractivity contribution is -0.139. The molecule has 0 unspecified atom stereocenters. The largest absolute Gasteiger partial charge is 0.421 e. The minimum Gasteiger partial charge on any atom is -0.354 e. The molecule has 1 aromatic heterocycles. The van der Waals surface area contributed by atoms with Crippen LogP contribution in [0.4, 0.5) is 13.2 Å². The molecule has 19 heavy (non-hydrogen) atoms. The molecular formula is C12H15F3N2O2. The van der Waals surface area contributed by atoms with Gasteiger partial charge in [0.15, 0.2) is 0 Å². The van der Waals surface area contributed by atoms with Crippen LogP contribution in [0.15, 0.2) is 23.1 Å². The lowest BCUT2D eigenvalue weighted by Gasteiger charge is -2.11. The summed E-state index contributed by atoms with van der Waals surface area (Å²) in [6.45, 7) is 3.76. The van der Waals surface area contributed by atoms with Gasteiger partial charge in [-0.2, -0.15) is 13.2 Å². The van der Waals surface area contributed by atoms with Crippen molar-refractivity contribution in [2.45, 2.75) is 26.6 Å². The second-order valence-electron chi connectivity index (χ2n) is 4.55. The van der Waals surface area contributed by atoms with Crippen molar-refractivity contribution in [2.24, 2.45) is 5.92 Å². The van der Waals surface area contributed by atoms with Crippen molar-refractivity contribution in [1.29, 1.82) is 0 Å². The van der Waals surface area contributed by atoms with Gasteiger partial charge in [-0.1, -0.05) is 13.8 Å². The van der Waals surface area contributed by atoms with Crippen molar-refractivity contribution in [3.05, 3.63) is 34.2 Å². The SMILES string of the molecule is CC(C)CNC(=O)Cn1cccc(C(F)(F)F)c1=O. The van der Waals surface area contributed by atoms with E-state index in [1.807, 2.05) is 13.8 Å². The maximum absolute atomic E-state index is 12.5. The van der Waals surface area contributed by atoms with E-state index in [4.69, 9.17) is 0 Å². The van der Waals surface area contributed by atoms with E-state index in [1.165, 1.54) is 0 Å². The van der Waals surface area contributed by atoms with Crippen LogP contribution in [0.2, 0.25) is 0 Å². The Morgan fingerprint density at radius 3 is 2.58 bits per heavy atom. The molecule has 1 amide bonds. The Bertz CT molecular complexity index is 506. The van der Waals surface area contributed by atoms with E-state index >= 15 is 0 Å². The third-order valence-electron chi connectivity index (χ3n) is 2.35. The zero-order valence-electron chi connectivity index (χ0n) is 10.6. The van der Waals surface area contributed by atoms with E-state index in [9.17, 15) is 22.8 Å².